The maximum Gasteiger partial charge on any atom is 0.337 e. The molecule has 2 aromatic carbocycles. The number of fused-ring (bicyclic) bond motifs is 1. The van der Waals surface area contributed by atoms with Crippen LogP contribution in [0.3, 0.4) is 0 Å². The molecule has 0 saturated carbocycles. The minimum Gasteiger partial charge on any atom is -0.478 e. The largest absolute Gasteiger partial charge is 0.478 e. The van der Waals surface area contributed by atoms with Crippen molar-refractivity contribution in [2.75, 3.05) is 0 Å². The second kappa shape index (κ2) is 4.75. The molecule has 0 aliphatic carbocycles. The number of H-pyrrole nitrogens is 1. The summed E-state index contributed by atoms with van der Waals surface area (Å²) in [6.45, 7) is 0. The van der Waals surface area contributed by atoms with E-state index in [-0.39, 0.29) is 11.3 Å². The fourth-order valence-electron chi connectivity index (χ4n) is 2.28. The summed E-state index contributed by atoms with van der Waals surface area (Å²) >= 11 is 0. The number of rotatable bonds is 2. The zero-order valence-corrected chi connectivity index (χ0v) is 10.7. The van der Waals surface area contributed by atoms with E-state index in [1.165, 1.54) is 16.7 Å². The summed E-state index contributed by atoms with van der Waals surface area (Å²) in [5.41, 5.74) is -0.619. The number of aromatic carboxylic acids is 1. The molecule has 0 aliphatic rings. The van der Waals surface area contributed by atoms with Crippen LogP contribution in [-0.2, 0) is 0 Å². The van der Waals surface area contributed by atoms with Gasteiger partial charge in [-0.15, -0.1) is 0 Å². The van der Waals surface area contributed by atoms with Crippen LogP contribution in [0.5, 0.6) is 0 Å². The number of carbonyl (C=O) groups is 1. The Morgan fingerprint density at radius 2 is 1.67 bits per heavy atom. The average Bonchev–Trinajstić information content (AvgIpc) is 2.47. The Bertz CT molecular complexity index is 969. The molecule has 0 saturated heterocycles. The van der Waals surface area contributed by atoms with E-state index in [0.717, 1.165) is 0 Å². The second-order valence-electron chi connectivity index (χ2n) is 4.43. The zero-order chi connectivity index (χ0) is 15.0. The Morgan fingerprint density at radius 1 is 1.00 bits per heavy atom. The predicted molar refractivity (Wildman–Crippen MR) is 77.1 cm³/mol. The van der Waals surface area contributed by atoms with Crippen molar-refractivity contribution in [3.05, 3.63) is 74.9 Å². The van der Waals surface area contributed by atoms with Gasteiger partial charge in [0.2, 0.25) is 0 Å². The number of nitrogens with zero attached hydrogens (tertiary/aromatic N) is 1. The lowest BCUT2D eigenvalue weighted by Crippen LogP contribution is -2.30. The highest BCUT2D eigenvalue weighted by molar-refractivity contribution is 5.93. The Labute approximate surface area is 117 Å². The van der Waals surface area contributed by atoms with Crippen molar-refractivity contribution >= 4 is 16.9 Å². The van der Waals surface area contributed by atoms with Gasteiger partial charge in [-0.25, -0.2) is 9.59 Å². The van der Waals surface area contributed by atoms with Crippen molar-refractivity contribution in [2.45, 2.75) is 0 Å². The molecule has 2 N–H and O–H groups in total. The third-order valence-electron chi connectivity index (χ3n) is 3.19. The first-order chi connectivity index (χ1) is 10.1. The number of aromatic amines is 1. The molecule has 0 aliphatic heterocycles. The Balaban J connectivity index is 2.50. The normalized spacial score (nSPS) is 10.7. The molecule has 6 nitrogen and oxygen atoms in total. The predicted octanol–water partition coefficient (Wildman–Crippen LogP) is 1.38. The minimum absolute atomic E-state index is 0.0168. The maximum atomic E-state index is 12.1. The summed E-state index contributed by atoms with van der Waals surface area (Å²) in [4.78, 5) is 37.5. The Hall–Kier alpha value is -3.15. The molecule has 6 heteroatoms. The summed E-state index contributed by atoms with van der Waals surface area (Å²) < 4.78 is 1.19. The zero-order valence-electron chi connectivity index (χ0n) is 10.7. The van der Waals surface area contributed by atoms with Gasteiger partial charge >= 0.3 is 11.7 Å². The molecule has 21 heavy (non-hydrogen) atoms. The molecule has 0 unspecified atom stereocenters. The van der Waals surface area contributed by atoms with Crippen molar-refractivity contribution in [3.63, 3.8) is 0 Å². The number of para-hydroxylation sites is 2. The van der Waals surface area contributed by atoms with Crippen molar-refractivity contribution < 1.29 is 9.90 Å². The number of carboxylic acids is 1. The van der Waals surface area contributed by atoms with Crippen molar-refractivity contribution in [1.29, 1.82) is 0 Å². The van der Waals surface area contributed by atoms with E-state index in [1.807, 2.05) is 0 Å². The van der Waals surface area contributed by atoms with Crippen LogP contribution in [0, 0.1) is 0 Å². The topological polar surface area (TPSA) is 92.2 Å². The highest BCUT2D eigenvalue weighted by Gasteiger charge is 2.15. The van der Waals surface area contributed by atoms with Crippen LogP contribution in [0.15, 0.2) is 58.1 Å². The molecule has 0 spiro atoms. The summed E-state index contributed by atoms with van der Waals surface area (Å²) in [6, 6.07) is 12.7. The highest BCUT2D eigenvalue weighted by atomic mass is 16.4. The molecular weight excluding hydrogens is 272 g/mol. The number of benzene rings is 2. The van der Waals surface area contributed by atoms with Gasteiger partial charge in [0.1, 0.15) is 0 Å². The lowest BCUT2D eigenvalue weighted by Gasteiger charge is -2.11. The molecule has 0 atom stereocenters. The lowest BCUT2D eigenvalue weighted by atomic mass is 10.1. The monoisotopic (exact) mass is 282 g/mol. The van der Waals surface area contributed by atoms with Gasteiger partial charge < -0.3 is 5.11 Å². The second-order valence-corrected chi connectivity index (χ2v) is 4.43. The van der Waals surface area contributed by atoms with Crippen LogP contribution < -0.4 is 11.2 Å². The molecule has 0 fully saturated rings. The van der Waals surface area contributed by atoms with Crippen LogP contribution in [0.2, 0.25) is 0 Å². The summed E-state index contributed by atoms with van der Waals surface area (Å²) in [5, 5.41) is 9.57. The van der Waals surface area contributed by atoms with Crippen LogP contribution in [0.1, 0.15) is 10.4 Å². The van der Waals surface area contributed by atoms with E-state index < -0.39 is 17.2 Å². The average molecular weight is 282 g/mol. The summed E-state index contributed by atoms with van der Waals surface area (Å²) in [7, 11) is 0. The van der Waals surface area contributed by atoms with Crippen LogP contribution in [0.25, 0.3) is 16.6 Å². The van der Waals surface area contributed by atoms with Crippen molar-refractivity contribution in [2.24, 2.45) is 0 Å². The van der Waals surface area contributed by atoms with Crippen LogP contribution in [0.4, 0.5) is 0 Å². The number of hydrogen-bond acceptors (Lipinski definition) is 3. The van der Waals surface area contributed by atoms with Gasteiger partial charge in [0.15, 0.2) is 0 Å². The van der Waals surface area contributed by atoms with E-state index in [0.29, 0.717) is 10.9 Å². The van der Waals surface area contributed by atoms with E-state index in [4.69, 9.17) is 0 Å². The minimum atomic E-state index is -1.15. The molecule has 0 amide bonds. The van der Waals surface area contributed by atoms with E-state index >= 15 is 0 Å². The number of nitrogens with one attached hydrogen (secondary N) is 1. The van der Waals surface area contributed by atoms with E-state index in [2.05, 4.69) is 4.98 Å². The highest BCUT2D eigenvalue weighted by Crippen LogP contribution is 2.17. The first-order valence-electron chi connectivity index (χ1n) is 6.16. The van der Waals surface area contributed by atoms with Crippen molar-refractivity contribution in [3.8, 4) is 5.69 Å². The first kappa shape index (κ1) is 12.9. The fraction of sp³-hybridized carbons (Fsp3) is 0. The van der Waals surface area contributed by atoms with Gasteiger partial charge in [-0.1, -0.05) is 24.3 Å². The summed E-state index contributed by atoms with van der Waals surface area (Å²) in [6.07, 6.45) is 0. The lowest BCUT2D eigenvalue weighted by molar-refractivity contribution is 0.0697. The van der Waals surface area contributed by atoms with Gasteiger partial charge in [0.25, 0.3) is 5.56 Å². The van der Waals surface area contributed by atoms with E-state index in [1.54, 1.807) is 36.4 Å². The quantitative estimate of drug-likeness (QED) is 0.742. The molecule has 0 radical (unpaired) electrons. The maximum absolute atomic E-state index is 12.1. The Morgan fingerprint density at radius 3 is 2.43 bits per heavy atom. The molecule has 0 bridgehead atoms. The van der Waals surface area contributed by atoms with E-state index in [9.17, 15) is 19.5 Å². The van der Waals surface area contributed by atoms with Crippen LogP contribution >= 0.6 is 0 Å². The smallest absolute Gasteiger partial charge is 0.337 e. The molecule has 1 aromatic heterocycles. The molecule has 3 aromatic rings. The SMILES string of the molecule is O=C(O)c1ccccc1-n1c(=O)[nH]c(=O)c2ccccc21. The van der Waals surface area contributed by atoms with Gasteiger partial charge in [-0.05, 0) is 24.3 Å². The third kappa shape index (κ3) is 2.02. The molecule has 104 valence electrons. The molecular formula is C15H10N2O4. The van der Waals surface area contributed by atoms with Crippen LogP contribution in [-0.4, -0.2) is 20.6 Å². The summed E-state index contributed by atoms with van der Waals surface area (Å²) in [5.74, 6) is -1.15. The standard InChI is InChI=1S/C15H10N2O4/c18-13-9-5-1-3-7-11(9)17(15(21)16-13)12-8-4-2-6-10(12)14(19)20/h1-8H,(H,19,20)(H,16,18,21). The van der Waals surface area contributed by atoms with Gasteiger partial charge in [0.05, 0.1) is 22.2 Å². The first-order valence-corrected chi connectivity index (χ1v) is 6.16. The number of aromatic nitrogens is 2. The van der Waals surface area contributed by atoms with Gasteiger partial charge in [0, 0.05) is 0 Å². The fourth-order valence-corrected chi connectivity index (χ4v) is 2.28. The molecule has 3 rings (SSSR count). The molecule has 1 heterocycles. The third-order valence-corrected chi connectivity index (χ3v) is 3.19. The van der Waals surface area contributed by atoms with Gasteiger partial charge in [-0.3, -0.25) is 14.3 Å². The number of hydrogen-bond donors (Lipinski definition) is 2. The Kier molecular flexibility index (Phi) is 2.91. The van der Waals surface area contributed by atoms with Gasteiger partial charge in [-0.2, -0.15) is 0 Å². The number of carboxylic acid groups (broad SMARTS) is 1. The van der Waals surface area contributed by atoms with Crippen molar-refractivity contribution in [1.82, 2.24) is 9.55 Å².